The van der Waals surface area contributed by atoms with Gasteiger partial charge in [0.15, 0.2) is 0 Å². The number of carbonyl (C=O) groups excluding carboxylic acids is 3. The number of thiazole rings is 1. The summed E-state index contributed by atoms with van der Waals surface area (Å²) in [5.41, 5.74) is 5.62. The molecule has 2 fully saturated rings. The van der Waals surface area contributed by atoms with Gasteiger partial charge in [-0.2, -0.15) is 0 Å². The molecule has 8 nitrogen and oxygen atoms in total. The summed E-state index contributed by atoms with van der Waals surface area (Å²) in [6.45, 7) is 3.97. The Balaban J connectivity index is 1.15. The Bertz CT molecular complexity index is 1350. The summed E-state index contributed by atoms with van der Waals surface area (Å²) < 4.78 is 16.3. The lowest BCUT2D eigenvalue weighted by atomic mass is 10.0. The van der Waals surface area contributed by atoms with Crippen molar-refractivity contribution < 1.29 is 18.8 Å². The van der Waals surface area contributed by atoms with Crippen LogP contribution in [0.2, 0.25) is 0 Å². The van der Waals surface area contributed by atoms with Crippen molar-refractivity contribution in [2.75, 3.05) is 31.1 Å². The SMILES string of the molecule is O=C1CCC(N2Cc3cc(N4CCN(Cc5cccc6scnc56)CC4)c(F)cc3C2=O)C(=O)N1. The Morgan fingerprint density at radius 3 is 2.74 bits per heavy atom. The first-order valence-corrected chi connectivity index (χ1v) is 12.6. The Morgan fingerprint density at radius 1 is 1.11 bits per heavy atom. The van der Waals surface area contributed by atoms with Gasteiger partial charge in [-0.15, -0.1) is 11.3 Å². The van der Waals surface area contributed by atoms with E-state index in [-0.39, 0.29) is 31.2 Å². The third kappa shape index (κ3) is 3.96. The molecular formula is C25H24FN5O3S. The second-order valence-electron chi connectivity index (χ2n) is 9.24. The first-order valence-electron chi connectivity index (χ1n) is 11.7. The number of benzene rings is 2. The van der Waals surface area contributed by atoms with Crippen LogP contribution in [0.5, 0.6) is 0 Å². The number of para-hydroxylation sites is 1. The number of amides is 3. The van der Waals surface area contributed by atoms with Gasteiger partial charge in [0.1, 0.15) is 11.9 Å². The van der Waals surface area contributed by atoms with Gasteiger partial charge in [0.05, 0.1) is 21.4 Å². The number of piperidine rings is 1. The minimum atomic E-state index is -0.704. The summed E-state index contributed by atoms with van der Waals surface area (Å²) in [5, 5.41) is 2.30. The highest BCUT2D eigenvalue weighted by molar-refractivity contribution is 7.16. The van der Waals surface area contributed by atoms with Crippen LogP contribution >= 0.6 is 11.3 Å². The van der Waals surface area contributed by atoms with Crippen molar-refractivity contribution in [1.29, 1.82) is 0 Å². The third-order valence-electron chi connectivity index (χ3n) is 7.14. The largest absolute Gasteiger partial charge is 0.367 e. The van der Waals surface area contributed by atoms with Gasteiger partial charge in [0.2, 0.25) is 11.8 Å². The number of halogens is 1. The van der Waals surface area contributed by atoms with Crippen LogP contribution in [0, 0.1) is 5.82 Å². The number of rotatable bonds is 4. The van der Waals surface area contributed by atoms with Gasteiger partial charge in [-0.1, -0.05) is 12.1 Å². The molecule has 0 bridgehead atoms. The maximum Gasteiger partial charge on any atom is 0.255 e. The molecule has 3 aromatic rings. The number of anilines is 1. The lowest BCUT2D eigenvalue weighted by Gasteiger charge is -2.36. The minimum absolute atomic E-state index is 0.192. The second kappa shape index (κ2) is 8.69. The Hall–Kier alpha value is -3.37. The molecule has 1 aromatic heterocycles. The molecule has 0 aliphatic carbocycles. The van der Waals surface area contributed by atoms with Crippen molar-refractivity contribution in [2.45, 2.75) is 32.0 Å². The monoisotopic (exact) mass is 493 g/mol. The molecule has 180 valence electrons. The molecule has 1 atom stereocenters. The molecule has 3 aliphatic rings. The van der Waals surface area contributed by atoms with E-state index >= 15 is 4.39 Å². The van der Waals surface area contributed by atoms with Gasteiger partial charge < -0.3 is 9.80 Å². The molecule has 0 spiro atoms. The van der Waals surface area contributed by atoms with Gasteiger partial charge in [-0.3, -0.25) is 24.6 Å². The van der Waals surface area contributed by atoms with Crippen molar-refractivity contribution >= 4 is 45.0 Å². The average molecular weight is 494 g/mol. The van der Waals surface area contributed by atoms with Crippen LogP contribution in [-0.4, -0.2) is 64.7 Å². The number of nitrogens with zero attached hydrogens (tertiary/aromatic N) is 4. The normalized spacial score (nSPS) is 21.1. The highest BCUT2D eigenvalue weighted by Gasteiger charge is 2.40. The van der Waals surface area contributed by atoms with Crippen molar-refractivity contribution in [3.63, 3.8) is 0 Å². The molecule has 0 radical (unpaired) electrons. The zero-order valence-corrected chi connectivity index (χ0v) is 19.8. The van der Waals surface area contributed by atoms with E-state index in [1.165, 1.54) is 21.2 Å². The molecule has 1 N–H and O–H groups in total. The van der Waals surface area contributed by atoms with E-state index in [9.17, 15) is 14.4 Å². The molecule has 4 heterocycles. The molecule has 2 saturated heterocycles. The fourth-order valence-corrected chi connectivity index (χ4v) is 6.00. The van der Waals surface area contributed by atoms with E-state index in [0.29, 0.717) is 29.9 Å². The fraction of sp³-hybridized carbons (Fsp3) is 0.360. The van der Waals surface area contributed by atoms with Crippen LogP contribution in [0.25, 0.3) is 10.2 Å². The topological polar surface area (TPSA) is 85.9 Å². The van der Waals surface area contributed by atoms with Gasteiger partial charge in [-0.25, -0.2) is 9.37 Å². The quantitative estimate of drug-likeness (QED) is 0.563. The molecule has 35 heavy (non-hydrogen) atoms. The lowest BCUT2D eigenvalue weighted by Crippen LogP contribution is -2.52. The van der Waals surface area contributed by atoms with E-state index in [4.69, 9.17) is 0 Å². The smallest absolute Gasteiger partial charge is 0.255 e. The van der Waals surface area contributed by atoms with Crippen molar-refractivity contribution in [2.24, 2.45) is 0 Å². The number of fused-ring (bicyclic) bond motifs is 2. The molecule has 6 rings (SSSR count). The third-order valence-corrected chi connectivity index (χ3v) is 7.94. The highest BCUT2D eigenvalue weighted by atomic mass is 32.1. The first-order chi connectivity index (χ1) is 17.0. The van der Waals surface area contributed by atoms with Crippen molar-refractivity contribution in [1.82, 2.24) is 20.1 Å². The summed E-state index contributed by atoms with van der Waals surface area (Å²) in [5.74, 6) is -1.58. The van der Waals surface area contributed by atoms with Gasteiger partial charge in [0, 0.05) is 51.3 Å². The molecule has 2 aromatic carbocycles. The van der Waals surface area contributed by atoms with E-state index < -0.39 is 17.8 Å². The number of imide groups is 1. The van der Waals surface area contributed by atoms with Crippen LogP contribution in [0.3, 0.4) is 0 Å². The summed E-state index contributed by atoms with van der Waals surface area (Å²) in [6.07, 6.45) is 0.480. The first kappa shape index (κ1) is 22.1. The number of hydrogen-bond acceptors (Lipinski definition) is 7. The van der Waals surface area contributed by atoms with Crippen LogP contribution in [0.1, 0.15) is 34.3 Å². The molecular weight excluding hydrogens is 469 g/mol. The zero-order valence-electron chi connectivity index (χ0n) is 19.0. The van der Waals surface area contributed by atoms with Crippen molar-refractivity contribution in [3.8, 4) is 0 Å². The number of nitrogens with one attached hydrogen (secondary N) is 1. The van der Waals surface area contributed by atoms with Crippen LogP contribution < -0.4 is 10.2 Å². The molecule has 10 heteroatoms. The fourth-order valence-electron chi connectivity index (χ4n) is 5.28. The van der Waals surface area contributed by atoms with E-state index in [0.717, 1.165) is 25.2 Å². The van der Waals surface area contributed by atoms with Crippen LogP contribution in [0.15, 0.2) is 35.8 Å². The number of aromatic nitrogens is 1. The number of carbonyl (C=O) groups is 3. The summed E-state index contributed by atoms with van der Waals surface area (Å²) in [4.78, 5) is 47.0. The lowest BCUT2D eigenvalue weighted by molar-refractivity contribution is -0.136. The Morgan fingerprint density at radius 2 is 1.94 bits per heavy atom. The summed E-state index contributed by atoms with van der Waals surface area (Å²) in [6, 6.07) is 8.60. The van der Waals surface area contributed by atoms with Gasteiger partial charge in [-0.05, 0) is 35.7 Å². The standard InChI is InChI=1S/C25H24FN5O3S/c26-18-11-17-16(13-31(25(17)34)19-4-5-22(32)28-24(19)33)10-20(18)30-8-6-29(7-9-30)12-15-2-1-3-21-23(15)27-14-35-21/h1-3,10-11,14,19H,4-9,12-13H2,(H,28,32,33). The van der Waals surface area contributed by atoms with E-state index in [1.807, 2.05) is 10.4 Å². The maximum atomic E-state index is 15.1. The zero-order chi connectivity index (χ0) is 24.1. The minimum Gasteiger partial charge on any atom is -0.367 e. The molecule has 0 saturated carbocycles. The second-order valence-corrected chi connectivity index (χ2v) is 10.1. The van der Waals surface area contributed by atoms with Gasteiger partial charge >= 0.3 is 0 Å². The van der Waals surface area contributed by atoms with Gasteiger partial charge in [0.25, 0.3) is 5.91 Å². The van der Waals surface area contributed by atoms with E-state index in [1.54, 1.807) is 17.4 Å². The predicted octanol–water partition coefficient (Wildman–Crippen LogP) is 2.52. The van der Waals surface area contributed by atoms with Crippen LogP contribution in [0.4, 0.5) is 10.1 Å². The molecule has 3 aliphatic heterocycles. The number of hydrogen-bond donors (Lipinski definition) is 1. The average Bonchev–Trinajstić information content (AvgIpc) is 3.45. The highest BCUT2D eigenvalue weighted by Crippen LogP contribution is 2.33. The Kier molecular flexibility index (Phi) is 5.49. The summed E-state index contributed by atoms with van der Waals surface area (Å²) in [7, 11) is 0. The predicted molar refractivity (Wildman–Crippen MR) is 130 cm³/mol. The van der Waals surface area contributed by atoms with Crippen LogP contribution in [-0.2, 0) is 22.7 Å². The number of piperazine rings is 1. The maximum absolute atomic E-state index is 15.1. The molecule has 1 unspecified atom stereocenters. The Labute approximate surface area is 205 Å². The van der Waals surface area contributed by atoms with E-state index in [2.05, 4.69) is 33.4 Å². The summed E-state index contributed by atoms with van der Waals surface area (Å²) >= 11 is 1.64. The molecule has 3 amide bonds. The van der Waals surface area contributed by atoms with Crippen molar-refractivity contribution in [3.05, 3.63) is 58.3 Å².